The van der Waals surface area contributed by atoms with Gasteiger partial charge in [-0.2, -0.15) is 0 Å². The molecule has 21 heavy (non-hydrogen) atoms. The van der Waals surface area contributed by atoms with Gasteiger partial charge < -0.3 is 9.47 Å². The molecule has 1 aromatic rings. The summed E-state index contributed by atoms with van der Waals surface area (Å²) in [6, 6.07) is 9.82. The van der Waals surface area contributed by atoms with Gasteiger partial charge in [-0.05, 0) is 12.0 Å². The molecule has 0 aliphatic rings. The van der Waals surface area contributed by atoms with Crippen molar-refractivity contribution >= 4 is 5.97 Å². The van der Waals surface area contributed by atoms with Crippen LogP contribution >= 0.6 is 0 Å². The van der Waals surface area contributed by atoms with E-state index in [9.17, 15) is 4.79 Å². The lowest BCUT2D eigenvalue weighted by molar-refractivity contribution is -0.149. The number of benzene rings is 1. The van der Waals surface area contributed by atoms with Crippen LogP contribution in [0.2, 0.25) is 0 Å². The Morgan fingerprint density at radius 1 is 0.952 bits per heavy atom. The lowest BCUT2D eigenvalue weighted by Crippen LogP contribution is -2.13. The molecule has 0 bridgehead atoms. The van der Waals surface area contributed by atoms with Crippen molar-refractivity contribution in [2.75, 3.05) is 13.2 Å². The van der Waals surface area contributed by atoms with Gasteiger partial charge in [0.2, 0.25) is 0 Å². The van der Waals surface area contributed by atoms with E-state index in [4.69, 9.17) is 9.47 Å². The maximum absolute atomic E-state index is 11.5. The number of ether oxygens (including phenoxy) is 2. The van der Waals surface area contributed by atoms with Crippen LogP contribution in [0, 0.1) is 0 Å². The minimum atomic E-state index is -0.267. The molecule has 0 atom stereocenters. The zero-order chi connectivity index (χ0) is 15.2. The molecule has 1 rings (SSSR count). The van der Waals surface area contributed by atoms with E-state index in [-0.39, 0.29) is 12.6 Å². The number of hydrogen-bond acceptors (Lipinski definition) is 3. The standard InChI is InChI=1S/C18H28O3/c1-2-3-4-5-6-7-11-14-21-18(19)16-20-15-17-12-9-8-10-13-17/h8-10,12-13H,2-7,11,14-16H2,1H3. The first-order valence-corrected chi connectivity index (χ1v) is 8.10. The van der Waals surface area contributed by atoms with Crippen molar-refractivity contribution in [1.29, 1.82) is 0 Å². The highest BCUT2D eigenvalue weighted by Crippen LogP contribution is 2.07. The number of hydrogen-bond donors (Lipinski definition) is 0. The van der Waals surface area contributed by atoms with Gasteiger partial charge in [-0.25, -0.2) is 4.79 Å². The van der Waals surface area contributed by atoms with E-state index in [0.717, 1.165) is 18.4 Å². The summed E-state index contributed by atoms with van der Waals surface area (Å²) >= 11 is 0. The third kappa shape index (κ3) is 10.1. The molecule has 0 fully saturated rings. The van der Waals surface area contributed by atoms with E-state index >= 15 is 0 Å². The van der Waals surface area contributed by atoms with Gasteiger partial charge >= 0.3 is 5.97 Å². The zero-order valence-electron chi connectivity index (χ0n) is 13.2. The van der Waals surface area contributed by atoms with E-state index in [1.807, 2.05) is 30.3 Å². The third-order valence-corrected chi connectivity index (χ3v) is 3.34. The fourth-order valence-corrected chi connectivity index (χ4v) is 2.11. The fraction of sp³-hybridized carbons (Fsp3) is 0.611. The summed E-state index contributed by atoms with van der Waals surface area (Å²) in [7, 11) is 0. The van der Waals surface area contributed by atoms with Crippen molar-refractivity contribution in [3.05, 3.63) is 35.9 Å². The van der Waals surface area contributed by atoms with Crippen molar-refractivity contribution in [3.8, 4) is 0 Å². The van der Waals surface area contributed by atoms with Gasteiger partial charge in [0.25, 0.3) is 0 Å². The second-order valence-corrected chi connectivity index (χ2v) is 5.32. The first kappa shape index (κ1) is 17.7. The van der Waals surface area contributed by atoms with Crippen LogP contribution < -0.4 is 0 Å². The van der Waals surface area contributed by atoms with E-state index in [1.54, 1.807) is 0 Å². The Labute approximate surface area is 128 Å². The monoisotopic (exact) mass is 292 g/mol. The van der Waals surface area contributed by atoms with Crippen molar-refractivity contribution in [1.82, 2.24) is 0 Å². The van der Waals surface area contributed by atoms with Crippen molar-refractivity contribution in [2.24, 2.45) is 0 Å². The Balaban J connectivity index is 1.90. The maximum Gasteiger partial charge on any atom is 0.332 e. The van der Waals surface area contributed by atoms with Crippen molar-refractivity contribution < 1.29 is 14.3 Å². The molecule has 1 aromatic carbocycles. The Morgan fingerprint density at radius 2 is 1.62 bits per heavy atom. The van der Waals surface area contributed by atoms with Gasteiger partial charge in [0.05, 0.1) is 13.2 Å². The average Bonchev–Trinajstić information content (AvgIpc) is 2.51. The van der Waals surface area contributed by atoms with E-state index < -0.39 is 0 Å². The van der Waals surface area contributed by atoms with Gasteiger partial charge in [-0.15, -0.1) is 0 Å². The van der Waals surface area contributed by atoms with Crippen LogP contribution in [0.5, 0.6) is 0 Å². The van der Waals surface area contributed by atoms with Crippen molar-refractivity contribution in [3.63, 3.8) is 0 Å². The molecule has 0 saturated heterocycles. The van der Waals surface area contributed by atoms with Crippen molar-refractivity contribution in [2.45, 2.75) is 58.5 Å². The molecule has 0 saturated carbocycles. The Hall–Kier alpha value is -1.35. The molecule has 0 unspecified atom stereocenters. The minimum Gasteiger partial charge on any atom is -0.464 e. The van der Waals surface area contributed by atoms with Gasteiger partial charge in [0.1, 0.15) is 6.61 Å². The normalized spacial score (nSPS) is 10.5. The predicted molar refractivity (Wildman–Crippen MR) is 85.1 cm³/mol. The fourth-order valence-electron chi connectivity index (χ4n) is 2.11. The first-order valence-electron chi connectivity index (χ1n) is 8.10. The minimum absolute atomic E-state index is 0.0331. The average molecular weight is 292 g/mol. The first-order chi connectivity index (χ1) is 10.3. The number of carbonyl (C=O) groups excluding carboxylic acids is 1. The summed E-state index contributed by atoms with van der Waals surface area (Å²) < 4.78 is 10.5. The molecular weight excluding hydrogens is 264 g/mol. The van der Waals surface area contributed by atoms with Crippen LogP contribution in [0.1, 0.15) is 57.4 Å². The van der Waals surface area contributed by atoms with Crippen LogP contribution in [0.3, 0.4) is 0 Å². The van der Waals surface area contributed by atoms with Crippen LogP contribution in [-0.2, 0) is 20.9 Å². The summed E-state index contributed by atoms with van der Waals surface area (Å²) in [4.78, 5) is 11.5. The summed E-state index contributed by atoms with van der Waals surface area (Å²) in [6.07, 6.45) is 8.56. The Bertz CT molecular complexity index is 362. The number of carbonyl (C=O) groups is 1. The second-order valence-electron chi connectivity index (χ2n) is 5.32. The van der Waals surface area contributed by atoms with Crippen LogP contribution in [-0.4, -0.2) is 19.2 Å². The lowest BCUT2D eigenvalue weighted by atomic mass is 10.1. The highest BCUT2D eigenvalue weighted by molar-refractivity contribution is 5.70. The number of unbranched alkanes of at least 4 members (excludes halogenated alkanes) is 6. The zero-order valence-corrected chi connectivity index (χ0v) is 13.2. The Kier molecular flexibility index (Phi) is 10.4. The predicted octanol–water partition coefficient (Wildman–Crippen LogP) is 4.50. The summed E-state index contributed by atoms with van der Waals surface area (Å²) in [6.45, 7) is 3.22. The van der Waals surface area contributed by atoms with Gasteiger partial charge in [0, 0.05) is 0 Å². The highest BCUT2D eigenvalue weighted by Gasteiger charge is 2.03. The van der Waals surface area contributed by atoms with E-state index in [0.29, 0.717) is 13.2 Å². The largest absolute Gasteiger partial charge is 0.464 e. The van der Waals surface area contributed by atoms with Gasteiger partial charge in [-0.1, -0.05) is 75.8 Å². The SMILES string of the molecule is CCCCCCCCCOC(=O)COCc1ccccc1. The number of rotatable bonds is 12. The number of esters is 1. The smallest absolute Gasteiger partial charge is 0.332 e. The second kappa shape index (κ2) is 12.4. The molecule has 0 aromatic heterocycles. The molecule has 0 radical (unpaired) electrons. The summed E-state index contributed by atoms with van der Waals surface area (Å²) in [5.41, 5.74) is 1.07. The molecule has 0 amide bonds. The van der Waals surface area contributed by atoms with E-state index in [2.05, 4.69) is 6.92 Å². The van der Waals surface area contributed by atoms with Crippen LogP contribution in [0.15, 0.2) is 30.3 Å². The Morgan fingerprint density at radius 3 is 2.33 bits per heavy atom. The third-order valence-electron chi connectivity index (χ3n) is 3.34. The highest BCUT2D eigenvalue weighted by atomic mass is 16.6. The molecular formula is C18H28O3. The van der Waals surface area contributed by atoms with E-state index in [1.165, 1.54) is 32.1 Å². The molecule has 0 heterocycles. The molecule has 0 aliphatic heterocycles. The molecule has 0 aliphatic carbocycles. The van der Waals surface area contributed by atoms with Crippen LogP contribution in [0.25, 0.3) is 0 Å². The quantitative estimate of drug-likeness (QED) is 0.420. The maximum atomic E-state index is 11.5. The van der Waals surface area contributed by atoms with Gasteiger partial charge in [0.15, 0.2) is 0 Å². The molecule has 3 nitrogen and oxygen atoms in total. The molecule has 0 N–H and O–H groups in total. The summed E-state index contributed by atoms with van der Waals surface area (Å²) in [5.74, 6) is -0.267. The topological polar surface area (TPSA) is 35.5 Å². The molecule has 3 heteroatoms. The van der Waals surface area contributed by atoms with Crippen LogP contribution in [0.4, 0.5) is 0 Å². The van der Waals surface area contributed by atoms with Gasteiger partial charge in [-0.3, -0.25) is 0 Å². The summed E-state index contributed by atoms with van der Waals surface area (Å²) in [5, 5.41) is 0. The molecule has 0 spiro atoms. The lowest BCUT2D eigenvalue weighted by Gasteiger charge is -2.06. The molecule has 118 valence electrons.